The van der Waals surface area contributed by atoms with E-state index in [9.17, 15) is 0 Å². The molecule has 0 aromatic carbocycles. The molecule has 0 radical (unpaired) electrons. The van der Waals surface area contributed by atoms with Gasteiger partial charge in [-0.25, -0.2) is 15.0 Å². The molecule has 7 nitrogen and oxygen atoms in total. The third kappa shape index (κ3) is 3.33. The molecule has 3 heterocycles. The summed E-state index contributed by atoms with van der Waals surface area (Å²) < 4.78 is 2.10. The number of hydrogen-bond donors (Lipinski definition) is 1. The number of imidazole rings is 1. The zero-order chi connectivity index (χ0) is 15.4. The summed E-state index contributed by atoms with van der Waals surface area (Å²) in [7, 11) is 0. The Hall–Kier alpha value is -2.22. The smallest absolute Gasteiger partial charge is 0.143 e. The minimum absolute atomic E-state index is 0.327. The lowest BCUT2D eigenvalue weighted by Crippen LogP contribution is -2.03. The molecule has 0 saturated heterocycles. The van der Waals surface area contributed by atoms with Crippen LogP contribution in [0.25, 0.3) is 11.4 Å². The van der Waals surface area contributed by atoms with E-state index in [1.54, 1.807) is 24.2 Å². The quantitative estimate of drug-likeness (QED) is 0.703. The van der Waals surface area contributed by atoms with Gasteiger partial charge in [-0.05, 0) is 0 Å². The van der Waals surface area contributed by atoms with Crippen LogP contribution < -0.4 is 0 Å². The van der Waals surface area contributed by atoms with Gasteiger partial charge in [-0.15, -0.1) is 16.9 Å². The molecule has 0 aliphatic heterocycles. The molecule has 0 fully saturated rings. The van der Waals surface area contributed by atoms with Gasteiger partial charge in [0.15, 0.2) is 0 Å². The summed E-state index contributed by atoms with van der Waals surface area (Å²) in [5, 5.41) is 11.3. The third-order valence-electron chi connectivity index (χ3n) is 3.14. The molecule has 0 aliphatic rings. The van der Waals surface area contributed by atoms with Crippen molar-refractivity contribution in [1.82, 2.24) is 34.9 Å². The van der Waals surface area contributed by atoms with Crippen molar-refractivity contribution >= 4 is 11.8 Å². The number of aromatic nitrogens is 7. The molecule has 22 heavy (non-hydrogen) atoms. The Morgan fingerprint density at radius 1 is 1.18 bits per heavy atom. The first-order chi connectivity index (χ1) is 10.7. The highest BCUT2D eigenvalue weighted by Gasteiger charge is 2.09. The number of aryl methyl sites for hydroxylation is 1. The van der Waals surface area contributed by atoms with Gasteiger partial charge in [0.25, 0.3) is 0 Å². The minimum Gasteiger partial charge on any atom is -0.330 e. The van der Waals surface area contributed by atoms with Gasteiger partial charge in [-0.3, -0.25) is 0 Å². The fourth-order valence-corrected chi connectivity index (χ4v) is 2.74. The van der Waals surface area contributed by atoms with Crippen LogP contribution in [0.5, 0.6) is 0 Å². The molecule has 1 N–H and O–H groups in total. The van der Waals surface area contributed by atoms with Crippen molar-refractivity contribution in [3.8, 4) is 11.4 Å². The molecular weight excluding hydrogens is 298 g/mol. The van der Waals surface area contributed by atoms with E-state index in [1.807, 2.05) is 18.6 Å². The predicted molar refractivity (Wildman–Crippen MR) is 84.4 cm³/mol. The lowest BCUT2D eigenvalue weighted by molar-refractivity contribution is 0.763. The Morgan fingerprint density at radius 3 is 2.68 bits per heavy atom. The van der Waals surface area contributed by atoms with E-state index >= 15 is 0 Å². The SMILES string of the molecule is CC(C)c1ncc(-c2nccn2CCSc2cn[nH]n2)cn1. The van der Waals surface area contributed by atoms with E-state index in [1.165, 1.54) is 0 Å². The Kier molecular flexibility index (Phi) is 4.47. The molecule has 8 heteroatoms. The van der Waals surface area contributed by atoms with Crippen molar-refractivity contribution in [2.24, 2.45) is 0 Å². The van der Waals surface area contributed by atoms with Crippen LogP contribution in [0.2, 0.25) is 0 Å². The Balaban J connectivity index is 1.68. The highest BCUT2D eigenvalue weighted by atomic mass is 32.2. The molecule has 0 amide bonds. The summed E-state index contributed by atoms with van der Waals surface area (Å²) in [5.41, 5.74) is 0.931. The number of hydrogen-bond acceptors (Lipinski definition) is 6. The zero-order valence-corrected chi connectivity index (χ0v) is 13.3. The molecule has 0 aliphatic carbocycles. The molecule has 0 spiro atoms. The van der Waals surface area contributed by atoms with Gasteiger partial charge in [0.2, 0.25) is 0 Å². The number of nitrogens with one attached hydrogen (secondary N) is 1. The second-order valence-electron chi connectivity index (χ2n) is 5.09. The van der Waals surface area contributed by atoms with E-state index in [0.29, 0.717) is 5.92 Å². The first kappa shape index (κ1) is 14.7. The Morgan fingerprint density at radius 2 is 2.00 bits per heavy atom. The van der Waals surface area contributed by atoms with Crippen LogP contribution in [-0.2, 0) is 6.54 Å². The number of thioether (sulfide) groups is 1. The Labute approximate surface area is 132 Å². The zero-order valence-electron chi connectivity index (χ0n) is 12.5. The van der Waals surface area contributed by atoms with Crippen LogP contribution >= 0.6 is 11.8 Å². The van der Waals surface area contributed by atoms with Gasteiger partial charge in [-0.2, -0.15) is 10.3 Å². The van der Waals surface area contributed by atoms with Gasteiger partial charge in [-0.1, -0.05) is 13.8 Å². The van der Waals surface area contributed by atoms with Gasteiger partial charge >= 0.3 is 0 Å². The number of aromatic amines is 1. The molecule has 3 rings (SSSR count). The van der Waals surface area contributed by atoms with Crippen LogP contribution in [0.3, 0.4) is 0 Å². The second kappa shape index (κ2) is 6.69. The number of H-pyrrole nitrogens is 1. The average molecular weight is 315 g/mol. The topological polar surface area (TPSA) is 85.2 Å². The highest BCUT2D eigenvalue weighted by molar-refractivity contribution is 7.99. The summed E-state index contributed by atoms with van der Waals surface area (Å²) in [6.07, 6.45) is 9.16. The molecule has 0 bridgehead atoms. The van der Waals surface area contributed by atoms with Crippen LogP contribution in [0.4, 0.5) is 0 Å². The predicted octanol–water partition coefficient (Wildman–Crippen LogP) is 2.37. The van der Waals surface area contributed by atoms with E-state index < -0.39 is 0 Å². The Bertz CT molecular complexity index is 703. The molecule has 114 valence electrons. The summed E-state index contributed by atoms with van der Waals surface area (Å²) in [6.45, 7) is 4.99. The molecule has 0 unspecified atom stereocenters. The highest BCUT2D eigenvalue weighted by Crippen LogP contribution is 2.19. The maximum Gasteiger partial charge on any atom is 0.143 e. The summed E-state index contributed by atoms with van der Waals surface area (Å²) in [4.78, 5) is 13.2. The van der Waals surface area contributed by atoms with E-state index in [-0.39, 0.29) is 0 Å². The molecular formula is C14H17N7S. The molecule has 3 aromatic rings. The first-order valence-electron chi connectivity index (χ1n) is 7.06. The van der Waals surface area contributed by atoms with Crippen molar-refractivity contribution in [1.29, 1.82) is 0 Å². The van der Waals surface area contributed by atoms with Gasteiger partial charge < -0.3 is 4.57 Å². The summed E-state index contributed by atoms with van der Waals surface area (Å²) in [6, 6.07) is 0. The maximum atomic E-state index is 4.42. The number of nitrogens with zero attached hydrogens (tertiary/aromatic N) is 6. The van der Waals surface area contributed by atoms with E-state index in [2.05, 4.69) is 48.8 Å². The van der Waals surface area contributed by atoms with Crippen molar-refractivity contribution in [2.75, 3.05) is 5.75 Å². The average Bonchev–Trinajstić information content (AvgIpc) is 3.19. The lowest BCUT2D eigenvalue weighted by Gasteiger charge is -2.08. The van der Waals surface area contributed by atoms with E-state index in [0.717, 1.165) is 34.5 Å². The van der Waals surface area contributed by atoms with Crippen molar-refractivity contribution in [2.45, 2.75) is 31.3 Å². The largest absolute Gasteiger partial charge is 0.330 e. The molecule has 3 aromatic heterocycles. The van der Waals surface area contributed by atoms with E-state index in [4.69, 9.17) is 0 Å². The van der Waals surface area contributed by atoms with Crippen LogP contribution in [0, 0.1) is 0 Å². The molecule has 0 atom stereocenters. The fourth-order valence-electron chi connectivity index (χ4n) is 2.01. The van der Waals surface area contributed by atoms with Crippen LogP contribution in [0.15, 0.2) is 36.0 Å². The van der Waals surface area contributed by atoms with Gasteiger partial charge in [0.1, 0.15) is 16.7 Å². The second-order valence-corrected chi connectivity index (χ2v) is 6.20. The summed E-state index contributed by atoms with van der Waals surface area (Å²) in [5.74, 6) is 2.95. The van der Waals surface area contributed by atoms with Crippen molar-refractivity contribution in [3.05, 3.63) is 36.8 Å². The standard InChI is InChI=1S/C14H17N7S/c1-10(2)13-16-7-11(8-17-13)14-15-3-4-21(14)5-6-22-12-9-18-20-19-12/h3-4,7-10H,5-6H2,1-2H3,(H,18,19,20). The lowest BCUT2D eigenvalue weighted by atomic mass is 10.2. The molecule has 0 saturated carbocycles. The van der Waals surface area contributed by atoms with Crippen molar-refractivity contribution < 1.29 is 0 Å². The van der Waals surface area contributed by atoms with Crippen LogP contribution in [0.1, 0.15) is 25.6 Å². The van der Waals surface area contributed by atoms with Gasteiger partial charge in [0, 0.05) is 43.0 Å². The summed E-state index contributed by atoms with van der Waals surface area (Å²) >= 11 is 1.65. The van der Waals surface area contributed by atoms with Crippen LogP contribution in [-0.4, -0.2) is 40.7 Å². The monoisotopic (exact) mass is 315 g/mol. The number of rotatable bonds is 6. The van der Waals surface area contributed by atoms with Crippen molar-refractivity contribution in [3.63, 3.8) is 0 Å². The normalized spacial score (nSPS) is 11.2. The third-order valence-corrected chi connectivity index (χ3v) is 4.02. The fraction of sp³-hybridized carbons (Fsp3) is 0.357. The minimum atomic E-state index is 0.327. The first-order valence-corrected chi connectivity index (χ1v) is 8.04. The maximum absolute atomic E-state index is 4.42. The van der Waals surface area contributed by atoms with Gasteiger partial charge in [0.05, 0.1) is 11.8 Å².